The van der Waals surface area contributed by atoms with Crippen molar-refractivity contribution in [3.8, 4) is 11.6 Å². The first-order valence-corrected chi connectivity index (χ1v) is 9.65. The molecule has 2 aliphatic heterocycles. The fourth-order valence-corrected chi connectivity index (χ4v) is 4.15. The van der Waals surface area contributed by atoms with Gasteiger partial charge in [0.05, 0.1) is 37.0 Å². The highest BCUT2D eigenvalue weighted by molar-refractivity contribution is 5.89. The fraction of sp³-hybridized carbons (Fsp3) is 0.381. The molecule has 0 atom stereocenters. The van der Waals surface area contributed by atoms with Gasteiger partial charge >= 0.3 is 0 Å². The van der Waals surface area contributed by atoms with Crippen LogP contribution in [0.15, 0.2) is 48.5 Å². The summed E-state index contributed by atoms with van der Waals surface area (Å²) < 4.78 is 7.48. The number of nitrogens with one attached hydrogen (secondary N) is 1. The predicted molar refractivity (Wildman–Crippen MR) is 115 cm³/mol. The largest absolute Gasteiger partial charge is 0.479 e. The lowest BCUT2D eigenvalue weighted by Crippen LogP contribution is -2.60. The third kappa shape index (κ3) is 3.32. The van der Waals surface area contributed by atoms with Crippen molar-refractivity contribution in [1.82, 2.24) is 20.0 Å². The predicted octanol–water partition coefficient (Wildman–Crippen LogP) is 3.24. The summed E-state index contributed by atoms with van der Waals surface area (Å²) in [6.07, 6.45) is 2.51. The average Bonchev–Trinajstić information content (AvgIpc) is 3.06. The molecule has 3 heterocycles. The molecule has 148 valence electrons. The molecule has 0 bridgehead atoms. The van der Waals surface area contributed by atoms with Crippen molar-refractivity contribution in [2.75, 3.05) is 38.4 Å². The van der Waals surface area contributed by atoms with Crippen molar-refractivity contribution in [2.45, 2.75) is 18.9 Å². The highest BCUT2D eigenvalue weighted by Gasteiger charge is 2.31. The Morgan fingerprint density at radius 1 is 1.00 bits per heavy atom. The lowest BCUT2D eigenvalue weighted by molar-refractivity contribution is 0.0983. The van der Waals surface area contributed by atoms with Crippen molar-refractivity contribution >= 4 is 29.0 Å². The number of halogens is 1. The average molecular weight is 400 g/mol. The molecule has 0 aliphatic carbocycles. The Hall–Kier alpha value is -2.28. The number of rotatable bonds is 4. The van der Waals surface area contributed by atoms with Crippen LogP contribution < -0.4 is 15.0 Å². The molecule has 6 nitrogen and oxygen atoms in total. The van der Waals surface area contributed by atoms with Gasteiger partial charge in [-0.2, -0.15) is 0 Å². The lowest BCUT2D eigenvalue weighted by Gasteiger charge is -2.49. The Bertz CT molecular complexity index is 933. The van der Waals surface area contributed by atoms with Gasteiger partial charge in [-0.3, -0.25) is 4.90 Å². The van der Waals surface area contributed by atoms with E-state index in [4.69, 9.17) is 4.74 Å². The van der Waals surface area contributed by atoms with E-state index in [1.54, 1.807) is 7.11 Å². The summed E-state index contributed by atoms with van der Waals surface area (Å²) in [5, 5.41) is 9.16. The van der Waals surface area contributed by atoms with E-state index in [-0.39, 0.29) is 12.4 Å². The van der Waals surface area contributed by atoms with Crippen molar-refractivity contribution in [3.63, 3.8) is 0 Å². The van der Waals surface area contributed by atoms with Crippen molar-refractivity contribution in [1.29, 1.82) is 0 Å². The van der Waals surface area contributed by atoms with Crippen molar-refractivity contribution < 1.29 is 4.74 Å². The molecule has 7 heteroatoms. The molecule has 2 aliphatic rings. The van der Waals surface area contributed by atoms with Gasteiger partial charge in [-0.25, -0.2) is 4.68 Å². The van der Waals surface area contributed by atoms with E-state index < -0.39 is 0 Å². The number of hydrogen-bond acceptors (Lipinski definition) is 5. The van der Waals surface area contributed by atoms with Crippen LogP contribution in [0.4, 0.5) is 5.69 Å². The standard InChI is InChI=1S/C21H25N5O.ClH/c1-27-21-19-8-7-18(25-14-24(15-25)16-9-11-22-12-10-16)13-20(19)26(23-21)17-5-3-2-4-6-17;/h2-8,13,16,22H,9-12,14-15H2,1H3;1H. The smallest absolute Gasteiger partial charge is 0.240 e. The number of ether oxygens (including phenoxy) is 1. The third-order valence-electron chi connectivity index (χ3n) is 5.72. The van der Waals surface area contributed by atoms with Gasteiger partial charge in [-0.1, -0.05) is 18.2 Å². The van der Waals surface area contributed by atoms with Crippen LogP contribution in [0, 0.1) is 0 Å². The second-order valence-electron chi connectivity index (χ2n) is 7.35. The van der Waals surface area contributed by atoms with E-state index in [1.807, 2.05) is 22.9 Å². The zero-order chi connectivity index (χ0) is 18.2. The van der Waals surface area contributed by atoms with Crippen LogP contribution >= 0.6 is 12.4 Å². The first-order chi connectivity index (χ1) is 13.3. The van der Waals surface area contributed by atoms with Crippen LogP contribution in [0.1, 0.15) is 12.8 Å². The van der Waals surface area contributed by atoms with Crippen LogP contribution in [0.25, 0.3) is 16.6 Å². The number of para-hydroxylation sites is 1. The van der Waals surface area contributed by atoms with Gasteiger partial charge in [0.1, 0.15) is 0 Å². The van der Waals surface area contributed by atoms with Gasteiger partial charge in [0.25, 0.3) is 0 Å². The summed E-state index contributed by atoms with van der Waals surface area (Å²) in [7, 11) is 1.68. The van der Waals surface area contributed by atoms with E-state index in [1.165, 1.54) is 18.5 Å². The van der Waals surface area contributed by atoms with Crippen LogP contribution in [-0.2, 0) is 0 Å². The molecule has 2 aromatic carbocycles. The minimum absolute atomic E-state index is 0. The maximum atomic E-state index is 5.51. The monoisotopic (exact) mass is 399 g/mol. The molecule has 0 amide bonds. The number of aromatic nitrogens is 2. The number of nitrogens with zero attached hydrogens (tertiary/aromatic N) is 4. The zero-order valence-electron chi connectivity index (χ0n) is 16.0. The van der Waals surface area contributed by atoms with Crippen LogP contribution in [0.3, 0.4) is 0 Å². The lowest BCUT2D eigenvalue weighted by atomic mass is 10.0. The summed E-state index contributed by atoms with van der Waals surface area (Å²) in [5.74, 6) is 0.667. The Balaban J connectivity index is 0.00000192. The molecule has 2 saturated heterocycles. The molecule has 0 unspecified atom stereocenters. The SMILES string of the molecule is COc1nn(-c2ccccc2)c2cc(N3CN(C4CCNCC4)C3)ccc12.Cl. The molecule has 1 N–H and O–H groups in total. The van der Waals surface area contributed by atoms with Crippen LogP contribution in [0.2, 0.25) is 0 Å². The summed E-state index contributed by atoms with van der Waals surface area (Å²) in [6.45, 7) is 4.30. The minimum atomic E-state index is 0. The van der Waals surface area contributed by atoms with E-state index >= 15 is 0 Å². The minimum Gasteiger partial charge on any atom is -0.479 e. The normalized spacial score (nSPS) is 18.0. The quantitative estimate of drug-likeness (QED) is 0.729. The second-order valence-corrected chi connectivity index (χ2v) is 7.35. The molecular weight excluding hydrogens is 374 g/mol. The van der Waals surface area contributed by atoms with Gasteiger partial charge < -0.3 is 15.0 Å². The third-order valence-corrected chi connectivity index (χ3v) is 5.72. The second kappa shape index (κ2) is 7.99. The summed E-state index contributed by atoms with van der Waals surface area (Å²) in [6, 6.07) is 17.5. The first kappa shape index (κ1) is 19.1. The molecule has 2 fully saturated rings. The number of hydrogen-bond donors (Lipinski definition) is 1. The topological polar surface area (TPSA) is 45.6 Å². The highest BCUT2D eigenvalue weighted by Crippen LogP contribution is 2.33. The van der Waals surface area contributed by atoms with Gasteiger partial charge in [-0.05, 0) is 56.3 Å². The number of benzene rings is 2. The number of fused-ring (bicyclic) bond motifs is 1. The van der Waals surface area contributed by atoms with E-state index in [2.05, 4.69) is 50.5 Å². The van der Waals surface area contributed by atoms with Gasteiger partial charge in [0.2, 0.25) is 5.88 Å². The van der Waals surface area contributed by atoms with E-state index in [9.17, 15) is 0 Å². The Morgan fingerprint density at radius 3 is 2.46 bits per heavy atom. The zero-order valence-corrected chi connectivity index (χ0v) is 16.9. The molecule has 28 heavy (non-hydrogen) atoms. The summed E-state index contributed by atoms with van der Waals surface area (Å²) >= 11 is 0. The van der Waals surface area contributed by atoms with Gasteiger partial charge in [-0.15, -0.1) is 17.5 Å². The number of anilines is 1. The maximum absolute atomic E-state index is 5.51. The van der Waals surface area contributed by atoms with Gasteiger partial charge in [0.15, 0.2) is 0 Å². The summed E-state index contributed by atoms with van der Waals surface area (Å²) in [4.78, 5) is 5.01. The Kier molecular flexibility index (Phi) is 5.44. The molecule has 3 aromatic rings. The maximum Gasteiger partial charge on any atom is 0.240 e. The molecule has 5 rings (SSSR count). The molecular formula is C21H26ClN5O. The van der Waals surface area contributed by atoms with Gasteiger partial charge in [0, 0.05) is 11.7 Å². The first-order valence-electron chi connectivity index (χ1n) is 9.65. The Morgan fingerprint density at radius 2 is 1.75 bits per heavy atom. The number of methoxy groups -OCH3 is 1. The molecule has 0 saturated carbocycles. The molecule has 0 spiro atoms. The van der Waals surface area contributed by atoms with E-state index in [0.717, 1.165) is 49.1 Å². The Labute approximate surface area is 171 Å². The van der Waals surface area contributed by atoms with E-state index in [0.29, 0.717) is 5.88 Å². The van der Waals surface area contributed by atoms with Crippen molar-refractivity contribution in [3.05, 3.63) is 48.5 Å². The molecule has 0 radical (unpaired) electrons. The summed E-state index contributed by atoms with van der Waals surface area (Å²) in [5.41, 5.74) is 3.37. The number of piperidine rings is 1. The van der Waals surface area contributed by atoms with Crippen LogP contribution in [0.5, 0.6) is 5.88 Å². The molecule has 1 aromatic heterocycles. The van der Waals surface area contributed by atoms with Crippen molar-refractivity contribution in [2.24, 2.45) is 0 Å². The fourth-order valence-electron chi connectivity index (χ4n) is 4.15. The van der Waals surface area contributed by atoms with Crippen LogP contribution in [-0.4, -0.2) is 54.3 Å². The highest BCUT2D eigenvalue weighted by atomic mass is 35.5.